The molecule has 1 heterocycles. The van der Waals surface area contributed by atoms with E-state index in [0.29, 0.717) is 19.2 Å². The summed E-state index contributed by atoms with van der Waals surface area (Å²) < 4.78 is 5.40. The van der Waals surface area contributed by atoms with Crippen LogP contribution in [0.2, 0.25) is 0 Å². The Hall–Kier alpha value is -1.37. The molecule has 1 aromatic carbocycles. The van der Waals surface area contributed by atoms with Crippen LogP contribution in [0.5, 0.6) is 0 Å². The number of ether oxygens (including phenoxy) is 1. The van der Waals surface area contributed by atoms with Gasteiger partial charge in [-0.1, -0.05) is 30.3 Å². The van der Waals surface area contributed by atoms with Crippen LogP contribution in [0.15, 0.2) is 30.3 Å². The normalized spacial score (nSPS) is 26.2. The molecule has 0 aliphatic carbocycles. The molecule has 0 amide bonds. The van der Waals surface area contributed by atoms with E-state index < -0.39 is 0 Å². The van der Waals surface area contributed by atoms with Crippen LogP contribution in [-0.4, -0.2) is 30.2 Å². The Bertz CT molecular complexity index is 371. The van der Waals surface area contributed by atoms with Crippen molar-refractivity contribution >= 4 is 0 Å². The highest BCUT2D eigenvalue weighted by atomic mass is 16.5. The van der Waals surface area contributed by atoms with Crippen LogP contribution < -0.4 is 0 Å². The maximum Gasteiger partial charge on any atom is 0.156 e. The smallest absolute Gasteiger partial charge is 0.156 e. The summed E-state index contributed by atoms with van der Waals surface area (Å²) in [5.74, 6) is 0. The van der Waals surface area contributed by atoms with Gasteiger partial charge in [0.25, 0.3) is 0 Å². The van der Waals surface area contributed by atoms with Crippen molar-refractivity contribution in [2.75, 3.05) is 13.2 Å². The molecule has 1 aliphatic rings. The molecule has 0 bridgehead atoms. The zero-order valence-electron chi connectivity index (χ0n) is 9.47. The average Bonchev–Trinajstić information content (AvgIpc) is 2.33. The van der Waals surface area contributed by atoms with Gasteiger partial charge in [-0.2, -0.15) is 5.26 Å². The largest absolute Gasteiger partial charge is 0.360 e. The molecule has 1 saturated heterocycles. The summed E-state index contributed by atoms with van der Waals surface area (Å²) in [5, 5.41) is 8.86. The molecule has 84 valence electrons. The average molecular weight is 216 g/mol. The van der Waals surface area contributed by atoms with Crippen LogP contribution >= 0.6 is 0 Å². The highest BCUT2D eigenvalue weighted by molar-refractivity contribution is 5.14. The second kappa shape index (κ2) is 5.11. The van der Waals surface area contributed by atoms with Gasteiger partial charge in [-0.05, 0) is 12.5 Å². The van der Waals surface area contributed by atoms with Crippen LogP contribution in [0.1, 0.15) is 12.5 Å². The Balaban J connectivity index is 2.00. The van der Waals surface area contributed by atoms with Gasteiger partial charge in [0.05, 0.1) is 12.7 Å². The fraction of sp³-hybridized carbons (Fsp3) is 0.462. The summed E-state index contributed by atoms with van der Waals surface area (Å²) in [4.78, 5) is 2.30. The second-order valence-corrected chi connectivity index (χ2v) is 4.22. The molecular weight excluding hydrogens is 200 g/mol. The lowest BCUT2D eigenvalue weighted by Gasteiger charge is -2.35. The van der Waals surface area contributed by atoms with E-state index in [0.717, 1.165) is 6.54 Å². The highest BCUT2D eigenvalue weighted by Gasteiger charge is 2.25. The van der Waals surface area contributed by atoms with Gasteiger partial charge < -0.3 is 4.74 Å². The van der Waals surface area contributed by atoms with Crippen molar-refractivity contribution in [1.82, 2.24) is 4.90 Å². The fourth-order valence-electron chi connectivity index (χ4n) is 1.92. The van der Waals surface area contributed by atoms with E-state index >= 15 is 0 Å². The summed E-state index contributed by atoms with van der Waals surface area (Å²) >= 11 is 0. The van der Waals surface area contributed by atoms with Crippen LogP contribution in [0.25, 0.3) is 0 Å². The maximum atomic E-state index is 8.86. The van der Waals surface area contributed by atoms with Gasteiger partial charge in [0.1, 0.15) is 0 Å². The molecule has 0 saturated carbocycles. The molecule has 0 spiro atoms. The summed E-state index contributed by atoms with van der Waals surface area (Å²) in [6, 6.07) is 12.9. The third-order valence-corrected chi connectivity index (χ3v) is 2.93. The second-order valence-electron chi connectivity index (χ2n) is 4.22. The van der Waals surface area contributed by atoms with E-state index in [1.165, 1.54) is 5.56 Å². The first kappa shape index (κ1) is 11.1. The molecule has 2 atom stereocenters. The Labute approximate surface area is 96.2 Å². The van der Waals surface area contributed by atoms with Gasteiger partial charge in [0, 0.05) is 19.1 Å². The van der Waals surface area contributed by atoms with E-state index in [1.807, 2.05) is 18.2 Å². The van der Waals surface area contributed by atoms with Gasteiger partial charge in [-0.3, -0.25) is 4.90 Å². The van der Waals surface area contributed by atoms with E-state index in [4.69, 9.17) is 10.00 Å². The predicted molar refractivity (Wildman–Crippen MR) is 61.7 cm³/mol. The summed E-state index contributed by atoms with van der Waals surface area (Å²) in [6.45, 7) is 4.37. The quantitative estimate of drug-likeness (QED) is 0.756. The number of nitrogens with zero attached hydrogens (tertiary/aromatic N) is 2. The molecule has 0 aromatic heterocycles. The minimum absolute atomic E-state index is 0.278. The Kier molecular flexibility index (Phi) is 3.55. The molecule has 2 rings (SSSR count). The monoisotopic (exact) mass is 216 g/mol. The molecule has 1 aromatic rings. The van der Waals surface area contributed by atoms with Crippen LogP contribution in [-0.2, 0) is 11.3 Å². The van der Waals surface area contributed by atoms with Gasteiger partial charge in [0.15, 0.2) is 6.10 Å². The first-order chi connectivity index (χ1) is 7.79. The van der Waals surface area contributed by atoms with Crippen LogP contribution in [0, 0.1) is 11.3 Å². The highest BCUT2D eigenvalue weighted by Crippen LogP contribution is 2.14. The van der Waals surface area contributed by atoms with E-state index in [-0.39, 0.29) is 6.10 Å². The van der Waals surface area contributed by atoms with E-state index in [2.05, 4.69) is 30.0 Å². The van der Waals surface area contributed by atoms with Crippen molar-refractivity contribution in [2.24, 2.45) is 0 Å². The van der Waals surface area contributed by atoms with Gasteiger partial charge in [-0.25, -0.2) is 0 Å². The first-order valence-corrected chi connectivity index (χ1v) is 5.59. The lowest BCUT2D eigenvalue weighted by molar-refractivity contribution is -0.0365. The minimum atomic E-state index is -0.278. The van der Waals surface area contributed by atoms with E-state index in [9.17, 15) is 0 Å². The summed E-state index contributed by atoms with van der Waals surface area (Å²) in [7, 11) is 0. The number of hydrogen-bond acceptors (Lipinski definition) is 3. The Morgan fingerprint density at radius 1 is 1.44 bits per heavy atom. The number of rotatable bonds is 2. The summed E-state index contributed by atoms with van der Waals surface area (Å²) in [6.07, 6.45) is -0.278. The van der Waals surface area contributed by atoms with E-state index in [1.54, 1.807) is 0 Å². The van der Waals surface area contributed by atoms with Crippen molar-refractivity contribution in [3.63, 3.8) is 0 Å². The number of morpholine rings is 1. The number of benzene rings is 1. The Morgan fingerprint density at radius 3 is 2.88 bits per heavy atom. The van der Waals surface area contributed by atoms with Crippen LogP contribution in [0.4, 0.5) is 0 Å². The van der Waals surface area contributed by atoms with Crippen molar-refractivity contribution < 1.29 is 4.74 Å². The van der Waals surface area contributed by atoms with Crippen molar-refractivity contribution in [3.05, 3.63) is 35.9 Å². The standard InChI is InChI=1S/C13H16N2O/c1-11-10-16-13(7-14)9-15(11)8-12-5-3-2-4-6-12/h2-6,11,13H,8-10H2,1H3/t11-,13-/m0/s1. The van der Waals surface area contributed by atoms with Gasteiger partial charge in [-0.15, -0.1) is 0 Å². The lowest BCUT2D eigenvalue weighted by atomic mass is 10.1. The molecular formula is C13H16N2O. The SMILES string of the molecule is C[C@H]1CO[C@@H](C#N)CN1Cc1ccccc1. The summed E-state index contributed by atoms with van der Waals surface area (Å²) in [5.41, 5.74) is 1.29. The van der Waals surface area contributed by atoms with Gasteiger partial charge in [0.2, 0.25) is 0 Å². The zero-order chi connectivity index (χ0) is 11.4. The third-order valence-electron chi connectivity index (χ3n) is 2.93. The van der Waals surface area contributed by atoms with Crippen LogP contribution in [0.3, 0.4) is 0 Å². The van der Waals surface area contributed by atoms with Gasteiger partial charge >= 0.3 is 0 Å². The predicted octanol–water partition coefficient (Wildman–Crippen LogP) is 1.80. The molecule has 3 nitrogen and oxygen atoms in total. The topological polar surface area (TPSA) is 36.3 Å². The maximum absolute atomic E-state index is 8.86. The molecule has 0 radical (unpaired) electrons. The van der Waals surface area contributed by atoms with Crippen molar-refractivity contribution in [1.29, 1.82) is 5.26 Å². The van der Waals surface area contributed by atoms with Crippen molar-refractivity contribution in [2.45, 2.75) is 25.6 Å². The lowest BCUT2D eigenvalue weighted by Crippen LogP contribution is -2.47. The minimum Gasteiger partial charge on any atom is -0.360 e. The molecule has 3 heteroatoms. The zero-order valence-corrected chi connectivity index (χ0v) is 9.47. The Morgan fingerprint density at radius 2 is 2.19 bits per heavy atom. The number of hydrogen-bond donors (Lipinski definition) is 0. The molecule has 16 heavy (non-hydrogen) atoms. The number of nitriles is 1. The molecule has 0 N–H and O–H groups in total. The first-order valence-electron chi connectivity index (χ1n) is 5.59. The molecule has 1 aliphatic heterocycles. The molecule has 0 unspecified atom stereocenters. The molecule has 1 fully saturated rings. The fourth-order valence-corrected chi connectivity index (χ4v) is 1.92. The van der Waals surface area contributed by atoms with Crippen molar-refractivity contribution in [3.8, 4) is 6.07 Å². The third kappa shape index (κ3) is 2.60.